The smallest absolute Gasteiger partial charge is 0.308 e. The molecule has 0 bridgehead atoms. The molecule has 0 radical (unpaired) electrons. The Hall–Kier alpha value is -2.57. The normalized spacial score (nSPS) is 16.8. The zero-order valence-corrected chi connectivity index (χ0v) is 16.2. The van der Waals surface area contributed by atoms with Crippen molar-refractivity contribution < 1.29 is 23.9 Å². The predicted octanol–water partition coefficient (Wildman–Crippen LogP) is 2.01. The lowest BCUT2D eigenvalue weighted by atomic mass is 10.1. The third-order valence-corrected chi connectivity index (χ3v) is 4.10. The van der Waals surface area contributed by atoms with Gasteiger partial charge < -0.3 is 19.7 Å². The number of rotatable bonds is 8. The van der Waals surface area contributed by atoms with E-state index in [-0.39, 0.29) is 18.2 Å². The van der Waals surface area contributed by atoms with Gasteiger partial charge in [0.25, 0.3) is 5.91 Å². The monoisotopic (exact) mass is 376 g/mol. The van der Waals surface area contributed by atoms with E-state index in [1.165, 1.54) is 4.90 Å². The van der Waals surface area contributed by atoms with Gasteiger partial charge in [0.1, 0.15) is 11.8 Å². The van der Waals surface area contributed by atoms with Gasteiger partial charge in [0.05, 0.1) is 19.6 Å². The Balaban J connectivity index is 2.07. The number of esters is 1. The van der Waals surface area contributed by atoms with Crippen molar-refractivity contribution in [1.82, 2.24) is 10.2 Å². The van der Waals surface area contributed by atoms with Crippen LogP contribution in [0.1, 0.15) is 44.0 Å². The Bertz CT molecular complexity index is 657. The minimum absolute atomic E-state index is 0.146. The Morgan fingerprint density at radius 3 is 2.59 bits per heavy atom. The predicted molar refractivity (Wildman–Crippen MR) is 100 cm³/mol. The molecule has 148 valence electrons. The lowest BCUT2D eigenvalue weighted by Gasteiger charge is -2.34. The van der Waals surface area contributed by atoms with Crippen LogP contribution in [0.3, 0.4) is 0 Å². The molecule has 1 aliphatic rings. The van der Waals surface area contributed by atoms with E-state index in [1.807, 2.05) is 6.92 Å². The van der Waals surface area contributed by atoms with Gasteiger partial charge in [-0.1, -0.05) is 20.8 Å². The fourth-order valence-electron chi connectivity index (χ4n) is 2.72. The molecule has 1 aromatic carbocycles. The van der Waals surface area contributed by atoms with Gasteiger partial charge in [-0.25, -0.2) is 0 Å². The number of hydrogen-bond acceptors (Lipinski definition) is 5. The molecule has 0 spiro atoms. The molecular formula is C20H28N2O5. The van der Waals surface area contributed by atoms with E-state index in [4.69, 9.17) is 9.47 Å². The van der Waals surface area contributed by atoms with E-state index in [9.17, 15) is 14.4 Å². The number of amides is 2. The lowest BCUT2D eigenvalue weighted by Crippen LogP contribution is -2.57. The Morgan fingerprint density at radius 1 is 1.26 bits per heavy atom. The molecule has 1 saturated heterocycles. The summed E-state index contributed by atoms with van der Waals surface area (Å²) >= 11 is 0. The number of ether oxygens (including phenoxy) is 2. The van der Waals surface area contributed by atoms with Crippen LogP contribution in [-0.2, 0) is 14.3 Å². The van der Waals surface area contributed by atoms with Gasteiger partial charge in [-0.2, -0.15) is 0 Å². The van der Waals surface area contributed by atoms with Crippen LogP contribution in [0.15, 0.2) is 24.3 Å². The highest BCUT2D eigenvalue weighted by atomic mass is 16.5. The highest BCUT2D eigenvalue weighted by Crippen LogP contribution is 2.18. The number of hydrogen-bond donors (Lipinski definition) is 1. The molecule has 1 heterocycles. The van der Waals surface area contributed by atoms with E-state index < -0.39 is 12.0 Å². The van der Waals surface area contributed by atoms with E-state index >= 15 is 0 Å². The van der Waals surface area contributed by atoms with Crippen LogP contribution in [0.2, 0.25) is 0 Å². The van der Waals surface area contributed by atoms with Crippen LogP contribution in [0.4, 0.5) is 0 Å². The van der Waals surface area contributed by atoms with E-state index in [2.05, 4.69) is 19.2 Å². The summed E-state index contributed by atoms with van der Waals surface area (Å²) in [5, 5.41) is 2.71. The molecule has 1 unspecified atom stereocenters. The summed E-state index contributed by atoms with van der Waals surface area (Å²) in [6.45, 7) is 7.63. The van der Waals surface area contributed by atoms with Crippen LogP contribution in [0, 0.1) is 5.92 Å². The highest BCUT2D eigenvalue weighted by Gasteiger charge is 2.35. The molecule has 1 fully saturated rings. The van der Waals surface area contributed by atoms with Crippen LogP contribution < -0.4 is 10.1 Å². The van der Waals surface area contributed by atoms with Crippen LogP contribution >= 0.6 is 0 Å². The fourth-order valence-corrected chi connectivity index (χ4v) is 2.72. The van der Waals surface area contributed by atoms with Crippen LogP contribution in [0.5, 0.6) is 5.75 Å². The standard InChI is InChI=1S/C20H28N2O5/c1-4-11-26-18(23)12-17-19(24)21-9-10-22(17)20(25)15-5-7-16(8-6-15)27-13-14(2)3/h5-8,14,17H,4,9-13H2,1-3H3,(H,21,24). The molecule has 7 nitrogen and oxygen atoms in total. The summed E-state index contributed by atoms with van der Waals surface area (Å²) in [5.41, 5.74) is 0.452. The molecule has 2 amide bonds. The quantitative estimate of drug-likeness (QED) is 0.702. The Kier molecular flexibility index (Phi) is 7.64. The van der Waals surface area contributed by atoms with Crippen molar-refractivity contribution in [3.05, 3.63) is 29.8 Å². The Morgan fingerprint density at radius 2 is 1.96 bits per heavy atom. The molecule has 1 atom stereocenters. The Labute approximate surface area is 160 Å². The first-order chi connectivity index (χ1) is 12.9. The van der Waals surface area contributed by atoms with Crippen LogP contribution in [0.25, 0.3) is 0 Å². The number of benzene rings is 1. The van der Waals surface area contributed by atoms with Crippen molar-refractivity contribution in [2.24, 2.45) is 5.92 Å². The molecule has 0 saturated carbocycles. The van der Waals surface area contributed by atoms with Gasteiger partial charge in [0.15, 0.2) is 0 Å². The first-order valence-corrected chi connectivity index (χ1v) is 9.39. The highest BCUT2D eigenvalue weighted by molar-refractivity contribution is 5.99. The van der Waals surface area contributed by atoms with Crippen molar-refractivity contribution in [3.8, 4) is 5.75 Å². The second-order valence-electron chi connectivity index (χ2n) is 6.96. The van der Waals surface area contributed by atoms with Crippen molar-refractivity contribution in [2.45, 2.75) is 39.7 Å². The number of nitrogens with one attached hydrogen (secondary N) is 1. The largest absolute Gasteiger partial charge is 0.493 e. The van der Waals surface area contributed by atoms with Gasteiger partial charge in [-0.15, -0.1) is 0 Å². The number of carbonyl (C=O) groups is 3. The molecule has 0 aromatic heterocycles. The first-order valence-electron chi connectivity index (χ1n) is 9.39. The van der Waals surface area contributed by atoms with Crippen molar-refractivity contribution >= 4 is 17.8 Å². The van der Waals surface area contributed by atoms with Gasteiger partial charge in [-0.05, 0) is 36.6 Å². The van der Waals surface area contributed by atoms with Crippen molar-refractivity contribution in [1.29, 1.82) is 0 Å². The minimum atomic E-state index is -0.854. The van der Waals surface area contributed by atoms with Crippen molar-refractivity contribution in [2.75, 3.05) is 26.3 Å². The summed E-state index contributed by atoms with van der Waals surface area (Å²) in [5.74, 6) is 0.00495. The zero-order chi connectivity index (χ0) is 19.8. The second-order valence-corrected chi connectivity index (χ2v) is 6.96. The fraction of sp³-hybridized carbons (Fsp3) is 0.550. The number of carbonyl (C=O) groups excluding carboxylic acids is 3. The van der Waals surface area contributed by atoms with Gasteiger partial charge in [0, 0.05) is 18.7 Å². The zero-order valence-electron chi connectivity index (χ0n) is 16.2. The summed E-state index contributed by atoms with van der Waals surface area (Å²) in [4.78, 5) is 38.5. The molecule has 0 aliphatic carbocycles. The van der Waals surface area contributed by atoms with Gasteiger partial charge >= 0.3 is 5.97 Å². The summed E-state index contributed by atoms with van der Waals surface area (Å²) in [6, 6.07) is 5.98. The second kappa shape index (κ2) is 9.94. The molecule has 1 N–H and O–H groups in total. The average molecular weight is 376 g/mol. The third kappa shape index (κ3) is 5.98. The molecular weight excluding hydrogens is 348 g/mol. The van der Waals surface area contributed by atoms with E-state index in [1.54, 1.807) is 24.3 Å². The third-order valence-electron chi connectivity index (χ3n) is 4.10. The number of nitrogens with zero attached hydrogens (tertiary/aromatic N) is 1. The SMILES string of the molecule is CCCOC(=O)CC1C(=O)NCCN1C(=O)c1ccc(OCC(C)C)cc1. The molecule has 7 heteroatoms. The maximum Gasteiger partial charge on any atom is 0.308 e. The summed E-state index contributed by atoms with van der Waals surface area (Å²) < 4.78 is 10.7. The molecule has 1 aromatic rings. The molecule has 2 rings (SSSR count). The lowest BCUT2D eigenvalue weighted by molar-refractivity contribution is -0.147. The summed E-state index contributed by atoms with van der Waals surface area (Å²) in [6.07, 6.45) is 0.559. The van der Waals surface area contributed by atoms with Crippen molar-refractivity contribution in [3.63, 3.8) is 0 Å². The topological polar surface area (TPSA) is 84.9 Å². The first kappa shape index (κ1) is 20.7. The summed E-state index contributed by atoms with van der Waals surface area (Å²) in [7, 11) is 0. The van der Waals surface area contributed by atoms with Gasteiger partial charge in [-0.3, -0.25) is 14.4 Å². The van der Waals surface area contributed by atoms with Crippen LogP contribution in [-0.4, -0.2) is 55.0 Å². The molecule has 1 aliphatic heterocycles. The molecule has 27 heavy (non-hydrogen) atoms. The van der Waals surface area contributed by atoms with E-state index in [0.29, 0.717) is 50.0 Å². The minimum Gasteiger partial charge on any atom is -0.493 e. The maximum atomic E-state index is 12.9. The van der Waals surface area contributed by atoms with Gasteiger partial charge in [0.2, 0.25) is 5.91 Å². The average Bonchev–Trinajstić information content (AvgIpc) is 2.66. The number of piperazine rings is 1. The van der Waals surface area contributed by atoms with E-state index in [0.717, 1.165) is 0 Å². The maximum absolute atomic E-state index is 12.9.